The topological polar surface area (TPSA) is 110 Å². The number of ketones is 1. The number of carbonyl (C=O) groups is 2. The molecule has 3 aromatic rings. The minimum atomic E-state index is -0.953. The fourth-order valence-corrected chi connectivity index (χ4v) is 4.26. The molecule has 4 rings (SSSR count). The summed E-state index contributed by atoms with van der Waals surface area (Å²) in [6, 6.07) is 18.6. The Bertz CT molecular complexity index is 1390. The summed E-state index contributed by atoms with van der Waals surface area (Å²) in [6.07, 6.45) is 0. The van der Waals surface area contributed by atoms with E-state index in [4.69, 9.17) is 4.74 Å². The summed E-state index contributed by atoms with van der Waals surface area (Å²) in [4.78, 5) is 38.6. The third kappa shape index (κ3) is 4.45. The number of hydrogen-bond acceptors (Lipinski definition) is 6. The van der Waals surface area contributed by atoms with Gasteiger partial charge in [0.1, 0.15) is 11.5 Å². The molecule has 184 valence electrons. The molecule has 8 nitrogen and oxygen atoms in total. The van der Waals surface area contributed by atoms with Crippen LogP contribution in [0, 0.1) is 10.1 Å². The van der Waals surface area contributed by atoms with Crippen LogP contribution in [0.2, 0.25) is 0 Å². The largest absolute Gasteiger partial charge is 0.507 e. The van der Waals surface area contributed by atoms with Gasteiger partial charge in [0.15, 0.2) is 0 Å². The van der Waals surface area contributed by atoms with E-state index in [9.17, 15) is 24.8 Å². The van der Waals surface area contributed by atoms with Crippen molar-refractivity contribution in [2.24, 2.45) is 0 Å². The standard InChI is InChI=1S/C28H26N2O6/c1-28(2,3)19-13-11-17(12-14-19)24-23(25(31)18-7-5-9-21(15-18)30(34)35)26(32)27(33)29(24)20-8-6-10-22(16-20)36-4/h5-16,24,31H,1-4H3/b25-23-. The number of nitrogens with zero attached hydrogens (tertiary/aromatic N) is 2. The summed E-state index contributed by atoms with van der Waals surface area (Å²) in [5, 5.41) is 22.5. The number of methoxy groups -OCH3 is 1. The SMILES string of the molecule is COc1cccc(N2C(=O)C(=O)/C(=C(\O)c3cccc([N+](=O)[O-])c3)C2c2ccc(C(C)(C)C)cc2)c1. The first-order valence-electron chi connectivity index (χ1n) is 11.3. The Hall–Kier alpha value is -4.46. The molecule has 8 heteroatoms. The van der Waals surface area contributed by atoms with Gasteiger partial charge >= 0.3 is 0 Å². The third-order valence-corrected chi connectivity index (χ3v) is 6.20. The summed E-state index contributed by atoms with van der Waals surface area (Å²) >= 11 is 0. The second-order valence-corrected chi connectivity index (χ2v) is 9.55. The number of carbonyl (C=O) groups excluding carboxylic acids is 2. The first kappa shape index (κ1) is 24.7. The zero-order valence-corrected chi connectivity index (χ0v) is 20.4. The van der Waals surface area contributed by atoms with Crippen LogP contribution < -0.4 is 9.64 Å². The molecular weight excluding hydrogens is 460 g/mol. The molecule has 1 aliphatic rings. The van der Waals surface area contributed by atoms with Crippen molar-refractivity contribution in [1.82, 2.24) is 0 Å². The van der Waals surface area contributed by atoms with Crippen LogP contribution in [0.3, 0.4) is 0 Å². The van der Waals surface area contributed by atoms with Crippen LogP contribution in [0.25, 0.3) is 5.76 Å². The normalized spacial score (nSPS) is 17.3. The molecule has 0 spiro atoms. The van der Waals surface area contributed by atoms with Gasteiger partial charge in [-0.1, -0.05) is 63.2 Å². The quantitative estimate of drug-likeness (QED) is 0.167. The van der Waals surface area contributed by atoms with Crippen LogP contribution in [-0.2, 0) is 15.0 Å². The van der Waals surface area contributed by atoms with Crippen LogP contribution in [0.15, 0.2) is 78.4 Å². The zero-order chi connectivity index (χ0) is 26.2. The Kier molecular flexibility index (Phi) is 6.37. The Morgan fingerprint density at radius 1 is 1.00 bits per heavy atom. The Labute approximate surface area is 208 Å². The van der Waals surface area contributed by atoms with E-state index in [-0.39, 0.29) is 22.2 Å². The maximum atomic E-state index is 13.3. The van der Waals surface area contributed by atoms with Gasteiger partial charge in [0.25, 0.3) is 17.4 Å². The number of ether oxygens (including phenoxy) is 1. The van der Waals surface area contributed by atoms with Crippen molar-refractivity contribution in [2.75, 3.05) is 12.0 Å². The van der Waals surface area contributed by atoms with Gasteiger partial charge in [0.05, 0.1) is 23.6 Å². The molecule has 0 radical (unpaired) electrons. The maximum absolute atomic E-state index is 13.3. The van der Waals surface area contributed by atoms with Gasteiger partial charge in [-0.05, 0) is 28.7 Å². The van der Waals surface area contributed by atoms with Crippen molar-refractivity contribution in [1.29, 1.82) is 0 Å². The molecule has 36 heavy (non-hydrogen) atoms. The molecule has 1 unspecified atom stereocenters. The number of aliphatic hydroxyl groups is 1. The minimum Gasteiger partial charge on any atom is -0.507 e. The first-order valence-corrected chi connectivity index (χ1v) is 11.3. The first-order chi connectivity index (χ1) is 17.0. The fraction of sp³-hybridized carbons (Fsp3) is 0.214. The van der Waals surface area contributed by atoms with E-state index in [0.717, 1.165) is 5.56 Å². The summed E-state index contributed by atoms with van der Waals surface area (Å²) in [7, 11) is 1.50. The van der Waals surface area contributed by atoms with E-state index in [1.165, 1.54) is 36.3 Å². The van der Waals surface area contributed by atoms with Crippen LogP contribution in [0.5, 0.6) is 5.75 Å². The maximum Gasteiger partial charge on any atom is 0.300 e. The third-order valence-electron chi connectivity index (χ3n) is 6.20. The van der Waals surface area contributed by atoms with Gasteiger partial charge in [-0.25, -0.2) is 0 Å². The highest BCUT2D eigenvalue weighted by Crippen LogP contribution is 2.43. The number of amides is 1. The van der Waals surface area contributed by atoms with Crippen molar-refractivity contribution in [3.05, 3.63) is 105 Å². The molecule has 0 aromatic heterocycles. The highest BCUT2D eigenvalue weighted by atomic mass is 16.6. The van der Waals surface area contributed by atoms with Gasteiger partial charge in [-0.3, -0.25) is 24.6 Å². The zero-order valence-electron chi connectivity index (χ0n) is 20.4. The molecule has 1 amide bonds. The second kappa shape index (κ2) is 9.30. The van der Waals surface area contributed by atoms with Crippen molar-refractivity contribution in [3.63, 3.8) is 0 Å². The van der Waals surface area contributed by atoms with E-state index < -0.39 is 28.4 Å². The number of aliphatic hydroxyl groups excluding tert-OH is 1. The lowest BCUT2D eigenvalue weighted by atomic mass is 9.85. The van der Waals surface area contributed by atoms with Crippen LogP contribution >= 0.6 is 0 Å². The average Bonchev–Trinajstić information content (AvgIpc) is 3.13. The molecule has 1 fully saturated rings. The van der Waals surface area contributed by atoms with Crippen LogP contribution in [0.1, 0.15) is 43.5 Å². The number of rotatable bonds is 5. The lowest BCUT2D eigenvalue weighted by Crippen LogP contribution is -2.29. The minimum absolute atomic E-state index is 0.0733. The summed E-state index contributed by atoms with van der Waals surface area (Å²) in [6.45, 7) is 6.23. The fourth-order valence-electron chi connectivity index (χ4n) is 4.26. The predicted molar refractivity (Wildman–Crippen MR) is 136 cm³/mol. The van der Waals surface area contributed by atoms with E-state index in [0.29, 0.717) is 17.0 Å². The van der Waals surface area contributed by atoms with Crippen LogP contribution in [0.4, 0.5) is 11.4 Å². The second-order valence-electron chi connectivity index (χ2n) is 9.55. The monoisotopic (exact) mass is 486 g/mol. The number of anilines is 1. The number of benzene rings is 3. The summed E-state index contributed by atoms with van der Waals surface area (Å²) in [5.41, 5.74) is 1.65. The predicted octanol–water partition coefficient (Wildman–Crippen LogP) is 5.53. The highest BCUT2D eigenvalue weighted by Gasteiger charge is 2.47. The molecule has 1 saturated heterocycles. The smallest absolute Gasteiger partial charge is 0.300 e. The molecule has 1 atom stereocenters. The van der Waals surface area contributed by atoms with Crippen LogP contribution in [-0.4, -0.2) is 28.8 Å². The molecule has 0 bridgehead atoms. The van der Waals surface area contributed by atoms with Gasteiger partial charge in [0.2, 0.25) is 0 Å². The average molecular weight is 487 g/mol. The number of nitro groups is 1. The Morgan fingerprint density at radius 2 is 1.67 bits per heavy atom. The van der Waals surface area contributed by atoms with E-state index in [1.54, 1.807) is 24.3 Å². The van der Waals surface area contributed by atoms with E-state index >= 15 is 0 Å². The van der Waals surface area contributed by atoms with Gasteiger partial charge < -0.3 is 9.84 Å². The molecule has 0 aliphatic carbocycles. The van der Waals surface area contributed by atoms with Crippen molar-refractivity contribution in [2.45, 2.75) is 32.2 Å². The van der Waals surface area contributed by atoms with Crippen molar-refractivity contribution in [3.8, 4) is 5.75 Å². The summed E-state index contributed by atoms with van der Waals surface area (Å²) < 4.78 is 5.30. The Balaban J connectivity index is 1.94. The van der Waals surface area contributed by atoms with E-state index in [1.807, 2.05) is 24.3 Å². The number of Topliss-reactive ketones (excluding diaryl/α,β-unsaturated/α-hetero) is 1. The van der Waals surface area contributed by atoms with E-state index in [2.05, 4.69) is 20.8 Å². The highest BCUT2D eigenvalue weighted by molar-refractivity contribution is 6.51. The van der Waals surface area contributed by atoms with Gasteiger partial charge in [0, 0.05) is 29.4 Å². The molecule has 0 saturated carbocycles. The number of nitro benzene ring substituents is 1. The Morgan fingerprint density at radius 3 is 2.28 bits per heavy atom. The molecule has 1 heterocycles. The van der Waals surface area contributed by atoms with Gasteiger partial charge in [-0.15, -0.1) is 0 Å². The number of hydrogen-bond donors (Lipinski definition) is 1. The lowest BCUT2D eigenvalue weighted by Gasteiger charge is -2.27. The van der Waals surface area contributed by atoms with Crippen molar-refractivity contribution >= 4 is 28.8 Å². The molecule has 3 aromatic carbocycles. The lowest BCUT2D eigenvalue weighted by molar-refractivity contribution is -0.384. The van der Waals surface area contributed by atoms with Crippen molar-refractivity contribution < 1.29 is 24.4 Å². The molecule has 1 aliphatic heterocycles. The number of non-ortho nitro benzene ring substituents is 1. The molecule has 1 N–H and O–H groups in total. The van der Waals surface area contributed by atoms with Gasteiger partial charge in [-0.2, -0.15) is 0 Å². The molecular formula is C28H26N2O6. The summed E-state index contributed by atoms with van der Waals surface area (Å²) in [5.74, 6) is -1.69.